The van der Waals surface area contributed by atoms with Crippen molar-refractivity contribution in [1.29, 1.82) is 0 Å². The Balaban J connectivity index is 1.24. The number of nitrogens with zero attached hydrogens (tertiary/aromatic N) is 3. The molecular formula is C21H19N5OS. The van der Waals surface area contributed by atoms with E-state index in [2.05, 4.69) is 26.9 Å². The summed E-state index contributed by atoms with van der Waals surface area (Å²) in [4.78, 5) is 13.5. The molecule has 28 heavy (non-hydrogen) atoms. The van der Waals surface area contributed by atoms with Gasteiger partial charge in [-0.2, -0.15) is 0 Å². The normalized spacial score (nSPS) is 10.6. The Labute approximate surface area is 166 Å². The van der Waals surface area contributed by atoms with Gasteiger partial charge in [0.1, 0.15) is 5.82 Å². The van der Waals surface area contributed by atoms with Crippen molar-refractivity contribution < 1.29 is 4.79 Å². The van der Waals surface area contributed by atoms with Gasteiger partial charge < -0.3 is 15.2 Å². The lowest BCUT2D eigenvalue weighted by Gasteiger charge is -2.08. The predicted molar refractivity (Wildman–Crippen MR) is 112 cm³/mol. The molecule has 0 atom stereocenters. The third-order valence-electron chi connectivity index (χ3n) is 4.19. The van der Waals surface area contributed by atoms with Crippen LogP contribution in [0.2, 0.25) is 0 Å². The average molecular weight is 389 g/mol. The van der Waals surface area contributed by atoms with Crippen molar-refractivity contribution >= 4 is 23.1 Å². The van der Waals surface area contributed by atoms with Crippen LogP contribution in [0.15, 0.2) is 78.4 Å². The second kappa shape index (κ2) is 8.49. The number of hydrogen-bond donors (Lipinski definition) is 2. The van der Waals surface area contributed by atoms with Gasteiger partial charge in [-0.05, 0) is 53.4 Å². The fraction of sp³-hybridized carbons (Fsp3) is 0.0952. The molecule has 0 spiro atoms. The molecule has 4 aromatic rings. The first kappa shape index (κ1) is 17.9. The molecule has 3 heterocycles. The van der Waals surface area contributed by atoms with Gasteiger partial charge in [0.15, 0.2) is 5.82 Å². The van der Waals surface area contributed by atoms with E-state index in [1.807, 2.05) is 76.9 Å². The fourth-order valence-electron chi connectivity index (χ4n) is 2.74. The summed E-state index contributed by atoms with van der Waals surface area (Å²) in [6, 6.07) is 19.4. The lowest BCUT2D eigenvalue weighted by atomic mass is 10.1. The van der Waals surface area contributed by atoms with Gasteiger partial charge in [0.25, 0.3) is 5.91 Å². The largest absolute Gasteiger partial charge is 0.367 e. The van der Waals surface area contributed by atoms with Crippen LogP contribution in [0, 0.1) is 0 Å². The van der Waals surface area contributed by atoms with E-state index < -0.39 is 0 Å². The second-order valence-corrected chi connectivity index (χ2v) is 7.05. The summed E-state index contributed by atoms with van der Waals surface area (Å²) >= 11 is 1.68. The van der Waals surface area contributed by atoms with Crippen molar-refractivity contribution in [3.8, 4) is 16.3 Å². The molecule has 0 radical (unpaired) electrons. The van der Waals surface area contributed by atoms with E-state index in [1.165, 1.54) is 4.88 Å². The fourth-order valence-corrected chi connectivity index (χ4v) is 3.47. The maximum atomic E-state index is 12.3. The van der Waals surface area contributed by atoms with Gasteiger partial charge in [-0.15, -0.1) is 21.5 Å². The van der Waals surface area contributed by atoms with E-state index in [1.54, 1.807) is 11.3 Å². The van der Waals surface area contributed by atoms with Crippen LogP contribution in [-0.2, 0) is 0 Å². The summed E-state index contributed by atoms with van der Waals surface area (Å²) in [7, 11) is 0. The van der Waals surface area contributed by atoms with E-state index in [0.717, 1.165) is 11.4 Å². The first-order chi connectivity index (χ1) is 13.8. The molecule has 0 bridgehead atoms. The van der Waals surface area contributed by atoms with Crippen LogP contribution < -0.4 is 10.6 Å². The molecule has 0 aliphatic carbocycles. The molecular weight excluding hydrogens is 370 g/mol. The summed E-state index contributed by atoms with van der Waals surface area (Å²) in [6.45, 7) is 1.06. The summed E-state index contributed by atoms with van der Waals surface area (Å²) in [5.74, 6) is 1.34. The Bertz CT molecular complexity index is 1010. The lowest BCUT2D eigenvalue weighted by Crippen LogP contribution is -2.28. The molecule has 1 aromatic carbocycles. The summed E-state index contributed by atoms with van der Waals surface area (Å²) in [6.07, 6.45) is 3.83. The van der Waals surface area contributed by atoms with E-state index in [9.17, 15) is 4.79 Å². The van der Waals surface area contributed by atoms with Crippen LogP contribution >= 0.6 is 11.3 Å². The minimum atomic E-state index is -0.0893. The van der Waals surface area contributed by atoms with Gasteiger partial charge in [0.2, 0.25) is 0 Å². The zero-order valence-electron chi connectivity index (χ0n) is 15.1. The summed E-state index contributed by atoms with van der Waals surface area (Å²) in [5.41, 5.74) is 1.77. The SMILES string of the molecule is O=C(NCCNc1ccc(-n2cccc2)nn1)c1ccc(-c2cccs2)cc1. The maximum Gasteiger partial charge on any atom is 0.251 e. The summed E-state index contributed by atoms with van der Waals surface area (Å²) < 4.78 is 1.89. The highest BCUT2D eigenvalue weighted by atomic mass is 32.1. The van der Waals surface area contributed by atoms with Crippen molar-refractivity contribution in [3.05, 3.63) is 84.0 Å². The second-order valence-electron chi connectivity index (χ2n) is 6.10. The zero-order chi connectivity index (χ0) is 19.2. The molecule has 140 valence electrons. The van der Waals surface area contributed by atoms with Crippen LogP contribution in [0.3, 0.4) is 0 Å². The monoisotopic (exact) mass is 389 g/mol. The molecule has 3 aromatic heterocycles. The number of benzene rings is 1. The lowest BCUT2D eigenvalue weighted by molar-refractivity contribution is 0.0955. The number of amides is 1. The van der Waals surface area contributed by atoms with Gasteiger partial charge >= 0.3 is 0 Å². The Kier molecular flexibility index (Phi) is 5.44. The Hall–Kier alpha value is -3.45. The molecule has 7 heteroatoms. The van der Waals surface area contributed by atoms with Crippen molar-refractivity contribution in [2.75, 3.05) is 18.4 Å². The predicted octanol–water partition coefficient (Wildman–Crippen LogP) is 3.84. The highest BCUT2D eigenvalue weighted by Crippen LogP contribution is 2.24. The van der Waals surface area contributed by atoms with Gasteiger partial charge in [-0.3, -0.25) is 4.79 Å². The highest BCUT2D eigenvalue weighted by Gasteiger charge is 2.06. The van der Waals surface area contributed by atoms with Crippen LogP contribution in [0.5, 0.6) is 0 Å². The molecule has 1 amide bonds. The van der Waals surface area contributed by atoms with Crippen molar-refractivity contribution in [1.82, 2.24) is 20.1 Å². The number of carbonyl (C=O) groups excluding carboxylic acids is 1. The third kappa shape index (κ3) is 4.27. The number of rotatable bonds is 7. The quantitative estimate of drug-likeness (QED) is 0.471. The molecule has 2 N–H and O–H groups in total. The molecule has 0 aliphatic rings. The van der Waals surface area contributed by atoms with Crippen molar-refractivity contribution in [2.45, 2.75) is 0 Å². The Morgan fingerprint density at radius 3 is 2.43 bits per heavy atom. The minimum Gasteiger partial charge on any atom is -0.367 e. The van der Waals surface area contributed by atoms with E-state index in [-0.39, 0.29) is 5.91 Å². The van der Waals surface area contributed by atoms with Gasteiger partial charge in [0.05, 0.1) is 0 Å². The third-order valence-corrected chi connectivity index (χ3v) is 5.11. The van der Waals surface area contributed by atoms with Gasteiger partial charge in [0, 0.05) is 35.9 Å². The summed E-state index contributed by atoms with van der Waals surface area (Å²) in [5, 5.41) is 16.4. The smallest absolute Gasteiger partial charge is 0.251 e. The van der Waals surface area contributed by atoms with Gasteiger partial charge in [-0.1, -0.05) is 18.2 Å². The number of aromatic nitrogens is 3. The Morgan fingerprint density at radius 2 is 1.75 bits per heavy atom. The number of hydrogen-bond acceptors (Lipinski definition) is 5. The van der Waals surface area contributed by atoms with Crippen LogP contribution in [0.4, 0.5) is 5.82 Å². The molecule has 0 unspecified atom stereocenters. The van der Waals surface area contributed by atoms with E-state index in [0.29, 0.717) is 24.5 Å². The molecule has 0 fully saturated rings. The first-order valence-electron chi connectivity index (χ1n) is 8.93. The molecule has 4 rings (SSSR count). The average Bonchev–Trinajstić information content (AvgIpc) is 3.46. The zero-order valence-corrected chi connectivity index (χ0v) is 15.9. The number of thiophene rings is 1. The Morgan fingerprint density at radius 1 is 0.929 bits per heavy atom. The topological polar surface area (TPSA) is 71.8 Å². The first-order valence-corrected chi connectivity index (χ1v) is 9.81. The van der Waals surface area contributed by atoms with Gasteiger partial charge in [-0.25, -0.2) is 0 Å². The number of carbonyl (C=O) groups is 1. The van der Waals surface area contributed by atoms with Crippen molar-refractivity contribution in [3.63, 3.8) is 0 Å². The maximum absolute atomic E-state index is 12.3. The highest BCUT2D eigenvalue weighted by molar-refractivity contribution is 7.13. The minimum absolute atomic E-state index is 0.0893. The number of nitrogens with one attached hydrogen (secondary N) is 2. The molecule has 6 nitrogen and oxygen atoms in total. The standard InChI is InChI=1S/C21H19N5OS/c27-21(17-7-5-16(6-8-17)18-4-3-15-28-18)23-12-11-22-19-9-10-20(25-24-19)26-13-1-2-14-26/h1-10,13-15H,11-12H2,(H,22,24)(H,23,27). The van der Waals surface area contributed by atoms with E-state index in [4.69, 9.17) is 0 Å². The molecule has 0 saturated heterocycles. The molecule has 0 saturated carbocycles. The van der Waals surface area contributed by atoms with Crippen LogP contribution in [0.1, 0.15) is 10.4 Å². The molecule has 0 aliphatic heterocycles. The van der Waals surface area contributed by atoms with Crippen LogP contribution in [-0.4, -0.2) is 33.8 Å². The van der Waals surface area contributed by atoms with E-state index >= 15 is 0 Å². The van der Waals surface area contributed by atoms with Crippen LogP contribution in [0.25, 0.3) is 16.3 Å². The number of anilines is 1. The van der Waals surface area contributed by atoms with Crippen molar-refractivity contribution in [2.24, 2.45) is 0 Å².